The Morgan fingerprint density at radius 2 is 2.27 bits per heavy atom. The van der Waals surface area contributed by atoms with Crippen molar-refractivity contribution in [2.24, 2.45) is 0 Å². The van der Waals surface area contributed by atoms with Gasteiger partial charge in [0.05, 0.1) is 5.69 Å². The number of nitrogens with zero attached hydrogens (tertiary/aromatic N) is 2. The summed E-state index contributed by atoms with van der Waals surface area (Å²) in [4.78, 5) is 6.60. The summed E-state index contributed by atoms with van der Waals surface area (Å²) in [7, 11) is 4.07. The molecule has 15 heavy (non-hydrogen) atoms. The van der Waals surface area contributed by atoms with Crippen molar-refractivity contribution in [3.8, 4) is 0 Å². The third-order valence-electron chi connectivity index (χ3n) is 2.82. The molecule has 0 saturated heterocycles. The first-order chi connectivity index (χ1) is 7.19. The van der Waals surface area contributed by atoms with Crippen molar-refractivity contribution < 1.29 is 0 Å². The summed E-state index contributed by atoms with van der Waals surface area (Å²) in [5.41, 5.74) is 2.33. The first-order valence-corrected chi connectivity index (χ1v) is 5.51. The smallest absolute Gasteiger partial charge is 0.0562 e. The second-order valence-corrected chi connectivity index (χ2v) is 3.90. The molecule has 1 N–H and O–H groups in total. The third-order valence-corrected chi connectivity index (χ3v) is 2.82. The van der Waals surface area contributed by atoms with Crippen molar-refractivity contribution in [1.82, 2.24) is 10.3 Å². The monoisotopic (exact) mass is 207 g/mol. The summed E-state index contributed by atoms with van der Waals surface area (Å²) in [6, 6.07) is 4.77. The molecule has 1 rings (SSSR count). The zero-order valence-electron chi connectivity index (χ0n) is 10.1. The van der Waals surface area contributed by atoms with E-state index in [1.165, 1.54) is 5.69 Å². The van der Waals surface area contributed by atoms with Crippen LogP contribution in [-0.2, 0) is 6.54 Å². The van der Waals surface area contributed by atoms with E-state index >= 15 is 0 Å². The normalized spacial score (nSPS) is 12.5. The van der Waals surface area contributed by atoms with Crippen molar-refractivity contribution in [2.45, 2.75) is 32.9 Å². The van der Waals surface area contributed by atoms with Gasteiger partial charge < -0.3 is 10.2 Å². The zero-order chi connectivity index (χ0) is 11.3. The van der Waals surface area contributed by atoms with Crippen LogP contribution in [0.15, 0.2) is 18.3 Å². The standard InChI is InChI=1S/C12H21N3/c1-5-10(2)15(4)12-6-7-14-11(8-12)9-13-3/h6-8,10,13H,5,9H2,1-4H3. The Hall–Kier alpha value is -1.09. The molecule has 1 atom stereocenters. The van der Waals surface area contributed by atoms with Gasteiger partial charge in [0.15, 0.2) is 0 Å². The van der Waals surface area contributed by atoms with Crippen LogP contribution in [0.1, 0.15) is 26.0 Å². The molecule has 0 aliphatic carbocycles. The second kappa shape index (κ2) is 5.71. The molecule has 0 aromatic carbocycles. The fourth-order valence-electron chi connectivity index (χ4n) is 1.49. The van der Waals surface area contributed by atoms with Crippen LogP contribution in [0, 0.1) is 0 Å². The van der Waals surface area contributed by atoms with E-state index in [1.807, 2.05) is 13.2 Å². The lowest BCUT2D eigenvalue weighted by atomic mass is 10.2. The highest BCUT2D eigenvalue weighted by Gasteiger charge is 2.08. The summed E-state index contributed by atoms with van der Waals surface area (Å²) in [6.07, 6.45) is 3.03. The highest BCUT2D eigenvalue weighted by atomic mass is 15.1. The third kappa shape index (κ3) is 3.20. The summed E-state index contributed by atoms with van der Waals surface area (Å²) in [5.74, 6) is 0. The molecule has 84 valence electrons. The fourth-order valence-corrected chi connectivity index (χ4v) is 1.49. The Kier molecular flexibility index (Phi) is 4.56. The summed E-state index contributed by atoms with van der Waals surface area (Å²) >= 11 is 0. The predicted octanol–water partition coefficient (Wildman–Crippen LogP) is 2.04. The largest absolute Gasteiger partial charge is 0.372 e. The Balaban J connectivity index is 2.80. The average Bonchev–Trinajstić information content (AvgIpc) is 2.28. The summed E-state index contributed by atoms with van der Waals surface area (Å²) < 4.78 is 0. The molecular formula is C12H21N3. The molecule has 0 saturated carbocycles. The molecule has 3 heteroatoms. The maximum Gasteiger partial charge on any atom is 0.0562 e. The van der Waals surface area contributed by atoms with Gasteiger partial charge in [-0.25, -0.2) is 0 Å². The van der Waals surface area contributed by atoms with E-state index in [0.717, 1.165) is 18.7 Å². The first kappa shape index (κ1) is 12.0. The van der Waals surface area contributed by atoms with Crippen molar-refractivity contribution >= 4 is 5.69 Å². The molecule has 0 amide bonds. The van der Waals surface area contributed by atoms with Gasteiger partial charge in [-0.15, -0.1) is 0 Å². The van der Waals surface area contributed by atoms with Crippen LogP contribution in [0.4, 0.5) is 5.69 Å². The molecule has 0 fully saturated rings. The average molecular weight is 207 g/mol. The minimum Gasteiger partial charge on any atom is -0.372 e. The lowest BCUT2D eigenvalue weighted by molar-refractivity contribution is 0.662. The van der Waals surface area contributed by atoms with Crippen LogP contribution < -0.4 is 10.2 Å². The Labute approximate surface area is 92.5 Å². The van der Waals surface area contributed by atoms with E-state index in [-0.39, 0.29) is 0 Å². The van der Waals surface area contributed by atoms with Gasteiger partial charge in [0.2, 0.25) is 0 Å². The van der Waals surface area contributed by atoms with E-state index in [0.29, 0.717) is 6.04 Å². The number of hydrogen-bond donors (Lipinski definition) is 1. The SMILES string of the molecule is CCC(C)N(C)c1ccnc(CNC)c1. The van der Waals surface area contributed by atoms with Gasteiger partial charge in [0, 0.05) is 31.5 Å². The molecule has 0 bridgehead atoms. The maximum atomic E-state index is 4.31. The van der Waals surface area contributed by atoms with Crippen LogP contribution in [-0.4, -0.2) is 25.1 Å². The van der Waals surface area contributed by atoms with Crippen molar-refractivity contribution in [3.63, 3.8) is 0 Å². The first-order valence-electron chi connectivity index (χ1n) is 5.51. The zero-order valence-corrected chi connectivity index (χ0v) is 10.1. The molecule has 0 aliphatic heterocycles. The number of nitrogens with one attached hydrogen (secondary N) is 1. The van der Waals surface area contributed by atoms with Crippen LogP contribution in [0.2, 0.25) is 0 Å². The second-order valence-electron chi connectivity index (χ2n) is 3.90. The maximum absolute atomic E-state index is 4.31. The Morgan fingerprint density at radius 3 is 2.87 bits per heavy atom. The number of anilines is 1. The van der Waals surface area contributed by atoms with Gasteiger partial charge in [-0.05, 0) is 32.5 Å². The molecule has 1 unspecified atom stereocenters. The number of aromatic nitrogens is 1. The van der Waals surface area contributed by atoms with Crippen molar-refractivity contribution in [1.29, 1.82) is 0 Å². The number of hydrogen-bond acceptors (Lipinski definition) is 3. The van der Waals surface area contributed by atoms with Gasteiger partial charge in [-0.1, -0.05) is 6.92 Å². The quantitative estimate of drug-likeness (QED) is 0.801. The molecule has 0 radical (unpaired) electrons. The van der Waals surface area contributed by atoms with Gasteiger partial charge in [-0.3, -0.25) is 4.98 Å². The molecule has 1 aromatic heterocycles. The van der Waals surface area contributed by atoms with Crippen molar-refractivity contribution in [3.05, 3.63) is 24.0 Å². The van der Waals surface area contributed by atoms with E-state index < -0.39 is 0 Å². The van der Waals surface area contributed by atoms with Crippen LogP contribution >= 0.6 is 0 Å². The van der Waals surface area contributed by atoms with Gasteiger partial charge in [0.25, 0.3) is 0 Å². The number of rotatable bonds is 5. The lowest BCUT2D eigenvalue weighted by Crippen LogP contribution is -2.28. The van der Waals surface area contributed by atoms with Crippen LogP contribution in [0.3, 0.4) is 0 Å². The van der Waals surface area contributed by atoms with E-state index in [4.69, 9.17) is 0 Å². The van der Waals surface area contributed by atoms with Crippen molar-refractivity contribution in [2.75, 3.05) is 19.0 Å². The minimum absolute atomic E-state index is 0.565. The van der Waals surface area contributed by atoms with Crippen LogP contribution in [0.5, 0.6) is 0 Å². The van der Waals surface area contributed by atoms with Gasteiger partial charge in [-0.2, -0.15) is 0 Å². The highest BCUT2D eigenvalue weighted by molar-refractivity contribution is 5.46. The topological polar surface area (TPSA) is 28.2 Å². The fraction of sp³-hybridized carbons (Fsp3) is 0.583. The summed E-state index contributed by atoms with van der Waals surface area (Å²) in [6.45, 7) is 5.26. The predicted molar refractivity (Wildman–Crippen MR) is 65.2 cm³/mol. The molecular weight excluding hydrogens is 186 g/mol. The molecule has 1 heterocycles. The molecule has 1 aromatic rings. The Morgan fingerprint density at radius 1 is 1.53 bits per heavy atom. The lowest BCUT2D eigenvalue weighted by Gasteiger charge is -2.26. The number of pyridine rings is 1. The van der Waals surface area contributed by atoms with E-state index in [1.54, 1.807) is 0 Å². The van der Waals surface area contributed by atoms with Gasteiger partial charge in [0.1, 0.15) is 0 Å². The molecule has 0 spiro atoms. The highest BCUT2D eigenvalue weighted by Crippen LogP contribution is 2.16. The summed E-state index contributed by atoms with van der Waals surface area (Å²) in [5, 5.41) is 3.11. The Bertz CT molecular complexity index is 299. The van der Waals surface area contributed by atoms with Gasteiger partial charge >= 0.3 is 0 Å². The molecule has 3 nitrogen and oxygen atoms in total. The van der Waals surface area contributed by atoms with E-state index in [9.17, 15) is 0 Å². The molecule has 0 aliphatic rings. The van der Waals surface area contributed by atoms with E-state index in [2.05, 4.69) is 48.2 Å². The minimum atomic E-state index is 0.565. The van der Waals surface area contributed by atoms with Crippen LogP contribution in [0.25, 0.3) is 0 Å².